The topological polar surface area (TPSA) is 92.7 Å². The predicted molar refractivity (Wildman–Crippen MR) is 198 cm³/mol. The number of unbranched alkanes of at least 4 members (excludes halogenated alkanes) is 5. The van der Waals surface area contributed by atoms with Gasteiger partial charge in [-0.3, -0.25) is 14.4 Å². The number of amides is 1. The van der Waals surface area contributed by atoms with E-state index in [1.54, 1.807) is 0 Å². The number of carboxylic acids is 1. The molecule has 1 unspecified atom stereocenters. The molecular formula is C41H63NO5. The van der Waals surface area contributed by atoms with E-state index in [0.29, 0.717) is 12.8 Å². The number of carbonyl (C=O) groups is 3. The van der Waals surface area contributed by atoms with Crippen LogP contribution in [-0.2, 0) is 19.1 Å². The van der Waals surface area contributed by atoms with Gasteiger partial charge in [0.1, 0.15) is 12.6 Å². The molecule has 1 atom stereocenters. The second kappa shape index (κ2) is 35.2. The molecule has 1 amide bonds. The molecule has 2 N–H and O–H groups in total. The smallest absolute Gasteiger partial charge is 0.322 e. The summed E-state index contributed by atoms with van der Waals surface area (Å²) in [6, 6.07) is 0. The lowest BCUT2D eigenvalue weighted by atomic mass is 10.1. The quantitative estimate of drug-likeness (QED) is 0.0459. The molecule has 0 aliphatic carbocycles. The molecule has 0 aliphatic rings. The van der Waals surface area contributed by atoms with Crippen molar-refractivity contribution >= 4 is 17.8 Å². The molecule has 47 heavy (non-hydrogen) atoms. The number of hydrogen-bond acceptors (Lipinski definition) is 4. The van der Waals surface area contributed by atoms with Gasteiger partial charge in [0.15, 0.2) is 0 Å². The van der Waals surface area contributed by atoms with Crippen molar-refractivity contribution in [3.63, 3.8) is 0 Å². The molecule has 0 aromatic rings. The Labute approximate surface area is 286 Å². The van der Waals surface area contributed by atoms with E-state index in [9.17, 15) is 14.4 Å². The van der Waals surface area contributed by atoms with Crippen LogP contribution in [0.2, 0.25) is 0 Å². The first kappa shape index (κ1) is 43.3. The summed E-state index contributed by atoms with van der Waals surface area (Å²) in [5.41, 5.74) is 0. The van der Waals surface area contributed by atoms with Gasteiger partial charge in [-0.15, -0.1) is 0 Å². The zero-order valence-electron chi connectivity index (χ0n) is 29.3. The molecular weight excluding hydrogens is 586 g/mol. The number of ether oxygens (including phenoxy) is 1. The lowest BCUT2D eigenvalue weighted by Crippen LogP contribution is -2.28. The average molecular weight is 650 g/mol. The summed E-state index contributed by atoms with van der Waals surface area (Å²) in [6.45, 7) is 3.93. The number of nitrogens with one attached hydrogen (secondary N) is 1. The van der Waals surface area contributed by atoms with Crippen LogP contribution >= 0.6 is 0 Å². The number of carboxylic acid groups (broad SMARTS) is 1. The molecule has 0 aromatic heterocycles. The Morgan fingerprint density at radius 2 is 1.11 bits per heavy atom. The lowest BCUT2D eigenvalue weighted by Gasteiger charge is -2.14. The van der Waals surface area contributed by atoms with Gasteiger partial charge >= 0.3 is 11.9 Å². The van der Waals surface area contributed by atoms with Crippen LogP contribution in [0.4, 0.5) is 0 Å². The minimum absolute atomic E-state index is 0.156. The Hall–Kier alpha value is -3.67. The number of aliphatic carboxylic acids is 1. The number of esters is 1. The van der Waals surface area contributed by atoms with E-state index in [1.165, 1.54) is 0 Å². The van der Waals surface area contributed by atoms with E-state index in [4.69, 9.17) is 9.84 Å². The van der Waals surface area contributed by atoms with Crippen molar-refractivity contribution in [2.45, 2.75) is 136 Å². The monoisotopic (exact) mass is 649 g/mol. The summed E-state index contributed by atoms with van der Waals surface area (Å²) < 4.78 is 5.75. The Bertz CT molecular complexity index is 1030. The van der Waals surface area contributed by atoms with Crippen LogP contribution < -0.4 is 5.32 Å². The molecule has 0 rings (SSSR count). The molecule has 6 heteroatoms. The van der Waals surface area contributed by atoms with Gasteiger partial charge in [0.25, 0.3) is 0 Å². The second-order valence-corrected chi connectivity index (χ2v) is 11.4. The Kier molecular flexibility index (Phi) is 32.4. The normalized spacial score (nSPS) is 13.2. The van der Waals surface area contributed by atoms with Crippen LogP contribution in [0.5, 0.6) is 0 Å². The van der Waals surface area contributed by atoms with Gasteiger partial charge in [-0.2, -0.15) is 0 Å². The summed E-state index contributed by atoms with van der Waals surface area (Å²) in [5.74, 6) is -1.43. The molecule has 0 radical (unpaired) electrons. The minimum atomic E-state index is -1.04. The fraction of sp³-hybridized carbons (Fsp3) is 0.537. The molecule has 0 bridgehead atoms. The Morgan fingerprint density at radius 1 is 0.596 bits per heavy atom. The van der Waals surface area contributed by atoms with Crippen molar-refractivity contribution in [2.24, 2.45) is 0 Å². The van der Waals surface area contributed by atoms with Crippen LogP contribution in [0.1, 0.15) is 129 Å². The maximum atomic E-state index is 12.4. The molecule has 0 spiro atoms. The average Bonchev–Trinajstić information content (AvgIpc) is 3.05. The van der Waals surface area contributed by atoms with Gasteiger partial charge < -0.3 is 15.2 Å². The van der Waals surface area contributed by atoms with Crippen molar-refractivity contribution in [2.75, 3.05) is 6.54 Å². The molecule has 0 heterocycles. The first-order chi connectivity index (χ1) is 23.0. The molecule has 0 fully saturated rings. The summed E-state index contributed by atoms with van der Waals surface area (Å²) in [7, 11) is 0. The van der Waals surface area contributed by atoms with Gasteiger partial charge in [-0.1, -0.05) is 124 Å². The fourth-order valence-electron chi connectivity index (χ4n) is 4.36. The van der Waals surface area contributed by atoms with Crippen molar-refractivity contribution in [3.8, 4) is 0 Å². The standard InChI is InChI=1S/C41H63NO5/c1-3-5-7-8-9-10-11-12-13-14-15-16-17-18-19-20-21-22-23-24-25-26-32-36-41(46)47-38(33-29-6-4-2)34-30-27-28-31-35-39(43)42-37-40(44)45/h5,7,9-10,12-13,15-16,18-19,21-22,24-25,29,33,38H,3-4,6,8,11,14,17,20,23,26-28,30-32,34-37H2,1-2H3,(H,42,43)(H,44,45)/b7-5-,10-9-,13-12-,16-15-,19-18-,22-21-,25-24-,33-29-. The van der Waals surface area contributed by atoms with E-state index in [2.05, 4.69) is 110 Å². The zero-order chi connectivity index (χ0) is 34.5. The molecule has 6 nitrogen and oxygen atoms in total. The summed E-state index contributed by atoms with van der Waals surface area (Å²) >= 11 is 0. The third-order valence-corrected chi connectivity index (χ3v) is 6.96. The molecule has 0 aromatic carbocycles. The molecule has 0 saturated carbocycles. The third-order valence-electron chi connectivity index (χ3n) is 6.96. The van der Waals surface area contributed by atoms with Crippen LogP contribution in [0.3, 0.4) is 0 Å². The van der Waals surface area contributed by atoms with Crippen LogP contribution in [0.25, 0.3) is 0 Å². The number of allylic oxidation sites excluding steroid dienone is 15. The van der Waals surface area contributed by atoms with E-state index >= 15 is 0 Å². The number of carbonyl (C=O) groups excluding carboxylic acids is 2. The Balaban J connectivity index is 3.99. The highest BCUT2D eigenvalue weighted by Gasteiger charge is 2.11. The van der Waals surface area contributed by atoms with Gasteiger partial charge in [-0.25, -0.2) is 0 Å². The van der Waals surface area contributed by atoms with Crippen LogP contribution in [-0.4, -0.2) is 35.6 Å². The van der Waals surface area contributed by atoms with Crippen LogP contribution in [0, 0.1) is 0 Å². The SMILES string of the molecule is CC/C=C\C/C=C\C/C=C\C/C=C\C/C=C\C/C=C\C/C=C\CCCC(=O)OC(/C=C\CCC)CCCCCCC(=O)NCC(=O)O. The largest absolute Gasteiger partial charge is 0.480 e. The number of rotatable bonds is 30. The summed E-state index contributed by atoms with van der Waals surface area (Å²) in [6.07, 6.45) is 50.1. The van der Waals surface area contributed by atoms with Crippen molar-refractivity contribution in [1.29, 1.82) is 0 Å². The molecule has 262 valence electrons. The maximum absolute atomic E-state index is 12.4. The van der Waals surface area contributed by atoms with E-state index in [0.717, 1.165) is 103 Å². The number of hydrogen-bond donors (Lipinski definition) is 2. The third kappa shape index (κ3) is 35.0. The Morgan fingerprint density at radius 3 is 1.62 bits per heavy atom. The van der Waals surface area contributed by atoms with Gasteiger partial charge in [-0.05, 0) is 89.5 Å². The minimum Gasteiger partial charge on any atom is -0.480 e. The molecule has 0 aliphatic heterocycles. The first-order valence-corrected chi connectivity index (χ1v) is 17.9. The lowest BCUT2D eigenvalue weighted by molar-refractivity contribution is -0.147. The highest BCUT2D eigenvalue weighted by molar-refractivity contribution is 5.80. The fourth-order valence-corrected chi connectivity index (χ4v) is 4.36. The summed E-state index contributed by atoms with van der Waals surface area (Å²) in [4.78, 5) is 34.5. The van der Waals surface area contributed by atoms with Crippen molar-refractivity contribution in [1.82, 2.24) is 5.32 Å². The molecule has 0 saturated heterocycles. The van der Waals surface area contributed by atoms with Crippen LogP contribution in [0.15, 0.2) is 97.2 Å². The second-order valence-electron chi connectivity index (χ2n) is 11.4. The first-order valence-electron chi connectivity index (χ1n) is 17.9. The predicted octanol–water partition coefficient (Wildman–Crippen LogP) is 10.6. The highest BCUT2D eigenvalue weighted by atomic mass is 16.5. The van der Waals surface area contributed by atoms with E-state index < -0.39 is 5.97 Å². The van der Waals surface area contributed by atoms with E-state index in [-0.39, 0.29) is 24.5 Å². The summed E-state index contributed by atoms with van der Waals surface area (Å²) in [5, 5.41) is 11.0. The maximum Gasteiger partial charge on any atom is 0.322 e. The van der Waals surface area contributed by atoms with Gasteiger partial charge in [0.05, 0.1) is 0 Å². The van der Waals surface area contributed by atoms with E-state index in [1.807, 2.05) is 6.08 Å². The van der Waals surface area contributed by atoms with Gasteiger partial charge in [0.2, 0.25) is 5.91 Å². The van der Waals surface area contributed by atoms with Gasteiger partial charge in [0, 0.05) is 12.8 Å². The van der Waals surface area contributed by atoms with Crippen molar-refractivity contribution < 1.29 is 24.2 Å². The van der Waals surface area contributed by atoms with Crippen molar-refractivity contribution in [3.05, 3.63) is 97.2 Å². The highest BCUT2D eigenvalue weighted by Crippen LogP contribution is 2.13. The zero-order valence-corrected chi connectivity index (χ0v) is 29.3.